The van der Waals surface area contributed by atoms with Crippen LogP contribution in [-0.4, -0.2) is 43.0 Å². The number of ether oxygens (including phenoxy) is 1. The largest absolute Gasteiger partial charge is 0.368 e. The highest BCUT2D eigenvalue weighted by Gasteiger charge is 2.27. The maximum Gasteiger partial charge on any atom is 0.251 e. The van der Waals surface area contributed by atoms with Crippen LogP contribution < -0.4 is 5.32 Å². The molecule has 0 aliphatic carbocycles. The van der Waals surface area contributed by atoms with Crippen LogP contribution in [0.1, 0.15) is 12.8 Å². The van der Waals surface area contributed by atoms with Crippen LogP contribution in [0.5, 0.6) is 0 Å². The summed E-state index contributed by atoms with van der Waals surface area (Å²) in [6, 6.07) is 6.81. The second kappa shape index (κ2) is 6.72. The van der Waals surface area contributed by atoms with Gasteiger partial charge in [0.25, 0.3) is 5.91 Å². The van der Waals surface area contributed by atoms with Crippen LogP contribution in [0.4, 0.5) is 5.69 Å². The summed E-state index contributed by atoms with van der Waals surface area (Å²) in [7, 11) is 1.60. The van der Waals surface area contributed by atoms with Crippen LogP contribution in [0.3, 0.4) is 0 Å². The number of halogens is 1. The minimum atomic E-state index is -0.400. The van der Waals surface area contributed by atoms with E-state index in [1.54, 1.807) is 31.3 Å². The number of hydrogen-bond acceptors (Lipinski definition) is 3. The number of carbonyl (C=O) groups excluding carboxylic acids is 2. The molecule has 1 aromatic carbocycles. The Morgan fingerprint density at radius 1 is 1.40 bits per heavy atom. The van der Waals surface area contributed by atoms with E-state index >= 15 is 0 Å². The highest BCUT2D eigenvalue weighted by molar-refractivity contribution is 6.30. The fraction of sp³-hybridized carbons (Fsp3) is 0.429. The summed E-state index contributed by atoms with van der Waals surface area (Å²) in [4.78, 5) is 25.2. The summed E-state index contributed by atoms with van der Waals surface area (Å²) < 4.78 is 5.31. The molecule has 0 aromatic heterocycles. The maximum atomic E-state index is 12.0. The summed E-state index contributed by atoms with van der Waals surface area (Å²) in [5, 5.41) is 3.32. The lowest BCUT2D eigenvalue weighted by Gasteiger charge is -2.20. The Kier molecular flexibility index (Phi) is 4.98. The van der Waals surface area contributed by atoms with E-state index in [9.17, 15) is 9.59 Å². The van der Waals surface area contributed by atoms with Crippen LogP contribution in [0, 0.1) is 0 Å². The van der Waals surface area contributed by atoms with E-state index in [0.29, 0.717) is 17.3 Å². The van der Waals surface area contributed by atoms with Crippen molar-refractivity contribution in [3.05, 3.63) is 29.3 Å². The van der Waals surface area contributed by atoms with Crippen molar-refractivity contribution in [2.45, 2.75) is 18.9 Å². The lowest BCUT2D eigenvalue weighted by molar-refractivity contribution is -0.141. The number of nitrogens with one attached hydrogen (secondary N) is 1. The topological polar surface area (TPSA) is 58.6 Å². The molecule has 1 aliphatic heterocycles. The second-order valence-corrected chi connectivity index (χ2v) is 5.19. The average Bonchev–Trinajstić information content (AvgIpc) is 2.94. The number of benzene rings is 1. The lowest BCUT2D eigenvalue weighted by atomic mass is 10.2. The van der Waals surface area contributed by atoms with E-state index in [0.717, 1.165) is 12.8 Å². The molecule has 1 aromatic rings. The lowest BCUT2D eigenvalue weighted by Crippen LogP contribution is -2.40. The Balaban J connectivity index is 1.84. The van der Waals surface area contributed by atoms with Gasteiger partial charge in [0.05, 0.1) is 6.54 Å². The normalized spacial score (nSPS) is 17.8. The molecule has 20 heavy (non-hydrogen) atoms. The van der Waals surface area contributed by atoms with Crippen molar-refractivity contribution in [1.82, 2.24) is 4.90 Å². The summed E-state index contributed by atoms with van der Waals surface area (Å²) in [6.07, 6.45) is 1.21. The van der Waals surface area contributed by atoms with E-state index in [1.165, 1.54) is 4.90 Å². The first kappa shape index (κ1) is 14.8. The van der Waals surface area contributed by atoms with E-state index in [-0.39, 0.29) is 18.4 Å². The molecule has 1 heterocycles. The molecular formula is C14H17ClN2O3. The van der Waals surface area contributed by atoms with E-state index in [4.69, 9.17) is 16.3 Å². The van der Waals surface area contributed by atoms with Crippen molar-refractivity contribution in [2.24, 2.45) is 0 Å². The van der Waals surface area contributed by atoms with Gasteiger partial charge in [-0.15, -0.1) is 0 Å². The average molecular weight is 297 g/mol. The number of hydrogen-bond donors (Lipinski definition) is 1. The molecule has 1 atom stereocenters. The molecule has 1 aliphatic rings. The minimum Gasteiger partial charge on any atom is -0.368 e. The van der Waals surface area contributed by atoms with Crippen molar-refractivity contribution in [2.75, 3.05) is 25.5 Å². The van der Waals surface area contributed by atoms with Gasteiger partial charge in [-0.05, 0) is 37.1 Å². The van der Waals surface area contributed by atoms with Crippen LogP contribution in [0.25, 0.3) is 0 Å². The quantitative estimate of drug-likeness (QED) is 0.923. The number of rotatable bonds is 4. The van der Waals surface area contributed by atoms with Crippen LogP contribution in [0.2, 0.25) is 5.02 Å². The highest BCUT2D eigenvalue weighted by Crippen LogP contribution is 2.15. The number of nitrogens with zero attached hydrogens (tertiary/aromatic N) is 1. The molecule has 108 valence electrons. The van der Waals surface area contributed by atoms with E-state index < -0.39 is 6.10 Å². The zero-order valence-electron chi connectivity index (χ0n) is 11.3. The monoisotopic (exact) mass is 296 g/mol. The van der Waals surface area contributed by atoms with Crippen molar-refractivity contribution in [3.8, 4) is 0 Å². The first-order valence-corrected chi connectivity index (χ1v) is 6.86. The maximum absolute atomic E-state index is 12.0. The predicted molar refractivity (Wildman–Crippen MR) is 76.7 cm³/mol. The molecule has 0 radical (unpaired) electrons. The molecule has 2 amide bonds. The Bertz CT molecular complexity index is 484. The van der Waals surface area contributed by atoms with Gasteiger partial charge in [-0.2, -0.15) is 0 Å². The molecule has 0 saturated carbocycles. The van der Waals surface area contributed by atoms with Crippen molar-refractivity contribution in [1.29, 1.82) is 0 Å². The molecule has 0 bridgehead atoms. The van der Waals surface area contributed by atoms with Gasteiger partial charge in [0.1, 0.15) is 6.10 Å². The first-order valence-electron chi connectivity index (χ1n) is 6.48. The van der Waals surface area contributed by atoms with Gasteiger partial charge in [0, 0.05) is 24.4 Å². The van der Waals surface area contributed by atoms with Gasteiger partial charge in [0.2, 0.25) is 5.91 Å². The Morgan fingerprint density at radius 2 is 2.10 bits per heavy atom. The second-order valence-electron chi connectivity index (χ2n) is 4.75. The summed E-state index contributed by atoms with van der Waals surface area (Å²) in [6.45, 7) is 0.614. The molecule has 0 spiro atoms. The Labute approximate surface area is 122 Å². The van der Waals surface area contributed by atoms with E-state index in [2.05, 4.69) is 5.32 Å². The third-order valence-corrected chi connectivity index (χ3v) is 3.34. The zero-order chi connectivity index (χ0) is 14.5. The molecule has 1 fully saturated rings. The van der Waals surface area contributed by atoms with Crippen LogP contribution in [-0.2, 0) is 14.3 Å². The molecule has 1 saturated heterocycles. The molecule has 0 unspecified atom stereocenters. The number of amides is 2. The Morgan fingerprint density at radius 3 is 2.70 bits per heavy atom. The van der Waals surface area contributed by atoms with E-state index in [1.807, 2.05) is 0 Å². The number of likely N-dealkylation sites (N-methyl/N-ethyl adjacent to an activating group) is 1. The Hall–Kier alpha value is -1.59. The third kappa shape index (κ3) is 3.95. The summed E-state index contributed by atoms with van der Waals surface area (Å²) >= 11 is 5.77. The van der Waals surface area contributed by atoms with Crippen molar-refractivity contribution in [3.63, 3.8) is 0 Å². The molecule has 2 rings (SSSR count). The minimum absolute atomic E-state index is 0.00131. The van der Waals surface area contributed by atoms with Crippen LogP contribution >= 0.6 is 11.6 Å². The van der Waals surface area contributed by atoms with Gasteiger partial charge in [-0.3, -0.25) is 9.59 Å². The number of anilines is 1. The summed E-state index contributed by atoms with van der Waals surface area (Å²) in [5.41, 5.74) is 0.650. The molecule has 5 nitrogen and oxygen atoms in total. The predicted octanol–water partition coefficient (Wildman–Crippen LogP) is 1.92. The highest BCUT2D eigenvalue weighted by atomic mass is 35.5. The molecule has 1 N–H and O–H groups in total. The van der Waals surface area contributed by atoms with Crippen molar-refractivity contribution >= 4 is 29.1 Å². The van der Waals surface area contributed by atoms with Gasteiger partial charge >= 0.3 is 0 Å². The third-order valence-electron chi connectivity index (χ3n) is 3.09. The SMILES string of the molecule is CN(CC(=O)Nc1ccc(Cl)cc1)C(=O)[C@H]1CCCO1. The number of carbonyl (C=O) groups is 2. The van der Waals surface area contributed by atoms with Gasteiger partial charge in [-0.25, -0.2) is 0 Å². The van der Waals surface area contributed by atoms with Gasteiger partial charge < -0.3 is 15.0 Å². The first-order chi connectivity index (χ1) is 9.56. The molecule has 6 heteroatoms. The smallest absolute Gasteiger partial charge is 0.251 e. The fourth-order valence-corrected chi connectivity index (χ4v) is 2.17. The summed E-state index contributed by atoms with van der Waals surface area (Å²) in [5.74, 6) is -0.394. The fourth-order valence-electron chi connectivity index (χ4n) is 2.05. The molecular weight excluding hydrogens is 280 g/mol. The van der Waals surface area contributed by atoms with Gasteiger partial charge in [-0.1, -0.05) is 11.6 Å². The van der Waals surface area contributed by atoms with Crippen LogP contribution in [0.15, 0.2) is 24.3 Å². The van der Waals surface area contributed by atoms with Gasteiger partial charge in [0.15, 0.2) is 0 Å². The van der Waals surface area contributed by atoms with Crippen molar-refractivity contribution < 1.29 is 14.3 Å². The standard InChI is InChI=1S/C14H17ClN2O3/c1-17(14(19)12-3-2-8-20-12)9-13(18)16-11-6-4-10(15)5-7-11/h4-7,12H,2-3,8-9H2,1H3,(H,16,18)/t12-/m1/s1. The zero-order valence-corrected chi connectivity index (χ0v) is 12.0.